The highest BCUT2D eigenvalue weighted by molar-refractivity contribution is 6.32. The molecule has 0 aromatic carbocycles. The first-order valence-corrected chi connectivity index (χ1v) is 3.84. The fourth-order valence-corrected chi connectivity index (χ4v) is 1.17. The molecular formula is C8H10ClNO. The molecular weight excluding hydrogens is 162 g/mol. The molecule has 0 N–H and O–H groups in total. The van der Waals surface area contributed by atoms with Gasteiger partial charge in [-0.05, 0) is 12.5 Å². The van der Waals surface area contributed by atoms with E-state index in [1.54, 1.807) is 19.4 Å². The molecule has 3 heteroatoms. The van der Waals surface area contributed by atoms with Gasteiger partial charge in [-0.3, -0.25) is 4.98 Å². The molecule has 0 amide bonds. The van der Waals surface area contributed by atoms with Crippen molar-refractivity contribution in [2.24, 2.45) is 0 Å². The summed E-state index contributed by atoms with van der Waals surface area (Å²) in [5, 5.41) is 0.624. The van der Waals surface area contributed by atoms with Gasteiger partial charge in [0.2, 0.25) is 0 Å². The maximum atomic E-state index is 5.84. The predicted molar refractivity (Wildman–Crippen MR) is 45.2 cm³/mol. The van der Waals surface area contributed by atoms with Gasteiger partial charge in [0.1, 0.15) is 0 Å². The summed E-state index contributed by atoms with van der Waals surface area (Å²) in [6, 6.07) is 1.72. The molecule has 0 aliphatic heterocycles. The molecule has 0 unspecified atom stereocenters. The molecule has 2 nitrogen and oxygen atoms in total. The zero-order valence-electron chi connectivity index (χ0n) is 6.60. The summed E-state index contributed by atoms with van der Waals surface area (Å²) in [6.07, 6.45) is 2.52. The van der Waals surface area contributed by atoms with E-state index in [1.807, 2.05) is 6.92 Å². The van der Waals surface area contributed by atoms with E-state index in [2.05, 4.69) is 4.98 Å². The quantitative estimate of drug-likeness (QED) is 0.682. The predicted octanol–water partition coefficient (Wildman–Crippen LogP) is 2.31. The van der Waals surface area contributed by atoms with E-state index in [0.717, 1.165) is 12.1 Å². The van der Waals surface area contributed by atoms with Gasteiger partial charge in [0.15, 0.2) is 5.75 Å². The Balaban J connectivity index is 3.13. The molecule has 0 fully saturated rings. The minimum Gasteiger partial charge on any atom is -0.493 e. The lowest BCUT2D eigenvalue weighted by Gasteiger charge is -2.05. The third-order valence-corrected chi connectivity index (χ3v) is 1.77. The van der Waals surface area contributed by atoms with Crippen molar-refractivity contribution in [2.45, 2.75) is 13.3 Å². The molecule has 11 heavy (non-hydrogen) atoms. The van der Waals surface area contributed by atoms with Gasteiger partial charge < -0.3 is 4.74 Å². The molecule has 0 aliphatic carbocycles. The van der Waals surface area contributed by atoms with Crippen LogP contribution in [0, 0.1) is 0 Å². The third kappa shape index (κ3) is 1.63. The molecule has 0 saturated heterocycles. The second kappa shape index (κ2) is 3.58. The molecule has 0 atom stereocenters. The van der Waals surface area contributed by atoms with Crippen LogP contribution in [0.2, 0.25) is 5.02 Å². The van der Waals surface area contributed by atoms with Crippen LogP contribution in [0.15, 0.2) is 12.3 Å². The molecule has 1 heterocycles. The van der Waals surface area contributed by atoms with Crippen LogP contribution in [0.25, 0.3) is 0 Å². The number of aromatic nitrogens is 1. The number of hydrogen-bond donors (Lipinski definition) is 0. The number of methoxy groups -OCH3 is 1. The van der Waals surface area contributed by atoms with Gasteiger partial charge in [-0.15, -0.1) is 0 Å². The topological polar surface area (TPSA) is 22.1 Å². The van der Waals surface area contributed by atoms with E-state index in [4.69, 9.17) is 16.3 Å². The average Bonchev–Trinajstić information content (AvgIpc) is 2.04. The fraction of sp³-hybridized carbons (Fsp3) is 0.375. The molecule has 1 aromatic rings. The highest BCUT2D eigenvalue weighted by Gasteiger charge is 2.05. The number of nitrogens with zero attached hydrogens (tertiary/aromatic N) is 1. The van der Waals surface area contributed by atoms with Crippen LogP contribution in [0.3, 0.4) is 0 Å². The summed E-state index contributed by atoms with van der Waals surface area (Å²) in [4.78, 5) is 4.12. The minimum absolute atomic E-state index is 0.624. The van der Waals surface area contributed by atoms with Crippen molar-refractivity contribution in [2.75, 3.05) is 7.11 Å². The highest BCUT2D eigenvalue weighted by atomic mass is 35.5. The van der Waals surface area contributed by atoms with Crippen molar-refractivity contribution in [1.82, 2.24) is 4.98 Å². The summed E-state index contributed by atoms with van der Waals surface area (Å²) in [6.45, 7) is 2.02. The Kier molecular flexibility index (Phi) is 2.71. The van der Waals surface area contributed by atoms with Crippen LogP contribution in [0.1, 0.15) is 12.6 Å². The van der Waals surface area contributed by atoms with Gasteiger partial charge in [0.05, 0.1) is 17.8 Å². The lowest BCUT2D eigenvalue weighted by atomic mass is 10.3. The SMILES string of the molecule is CCc1nccc(Cl)c1OC. The Morgan fingerprint density at radius 2 is 2.36 bits per heavy atom. The van der Waals surface area contributed by atoms with E-state index < -0.39 is 0 Å². The third-order valence-electron chi connectivity index (χ3n) is 1.47. The zero-order valence-corrected chi connectivity index (χ0v) is 7.35. The van der Waals surface area contributed by atoms with E-state index in [9.17, 15) is 0 Å². The van der Waals surface area contributed by atoms with Gasteiger partial charge in [-0.2, -0.15) is 0 Å². The molecule has 0 aliphatic rings. The first-order chi connectivity index (χ1) is 5.29. The van der Waals surface area contributed by atoms with E-state index >= 15 is 0 Å². The average molecular weight is 172 g/mol. The molecule has 0 spiro atoms. The number of pyridine rings is 1. The summed E-state index contributed by atoms with van der Waals surface area (Å²) in [7, 11) is 1.60. The van der Waals surface area contributed by atoms with Gasteiger partial charge in [-0.25, -0.2) is 0 Å². The first kappa shape index (κ1) is 8.34. The second-order valence-electron chi connectivity index (χ2n) is 2.13. The van der Waals surface area contributed by atoms with Crippen LogP contribution in [0.4, 0.5) is 0 Å². The van der Waals surface area contributed by atoms with Crippen LogP contribution in [0.5, 0.6) is 5.75 Å². The molecule has 0 bridgehead atoms. The van der Waals surface area contributed by atoms with E-state index in [0.29, 0.717) is 10.8 Å². The number of rotatable bonds is 2. The maximum Gasteiger partial charge on any atom is 0.158 e. The Labute approximate surface area is 71.2 Å². The van der Waals surface area contributed by atoms with Gasteiger partial charge >= 0.3 is 0 Å². The standard InChI is InChI=1S/C8H10ClNO/c1-3-7-8(11-2)6(9)4-5-10-7/h4-5H,3H2,1-2H3. The van der Waals surface area contributed by atoms with Crippen molar-refractivity contribution in [3.63, 3.8) is 0 Å². The monoisotopic (exact) mass is 171 g/mol. The van der Waals surface area contributed by atoms with E-state index in [1.165, 1.54) is 0 Å². The van der Waals surface area contributed by atoms with Crippen LogP contribution in [-0.2, 0) is 6.42 Å². The Hall–Kier alpha value is -0.760. The van der Waals surface area contributed by atoms with Crippen LogP contribution >= 0.6 is 11.6 Å². The van der Waals surface area contributed by atoms with Crippen molar-refractivity contribution >= 4 is 11.6 Å². The Morgan fingerprint density at radius 1 is 1.64 bits per heavy atom. The molecule has 60 valence electrons. The van der Waals surface area contributed by atoms with Crippen LogP contribution < -0.4 is 4.74 Å². The zero-order chi connectivity index (χ0) is 8.27. The van der Waals surface area contributed by atoms with Crippen molar-refractivity contribution in [3.8, 4) is 5.75 Å². The fourth-order valence-electron chi connectivity index (χ4n) is 0.932. The second-order valence-corrected chi connectivity index (χ2v) is 2.53. The Bertz CT molecular complexity index is 250. The van der Waals surface area contributed by atoms with Crippen LogP contribution in [-0.4, -0.2) is 12.1 Å². The molecule has 0 radical (unpaired) electrons. The summed E-state index contributed by atoms with van der Waals surface area (Å²) < 4.78 is 5.07. The Morgan fingerprint density at radius 3 is 2.82 bits per heavy atom. The lowest BCUT2D eigenvalue weighted by Crippen LogP contribution is -1.93. The maximum absolute atomic E-state index is 5.84. The number of halogens is 1. The number of ether oxygens (including phenoxy) is 1. The normalized spacial score (nSPS) is 9.73. The first-order valence-electron chi connectivity index (χ1n) is 3.47. The smallest absolute Gasteiger partial charge is 0.158 e. The molecule has 0 saturated carbocycles. The number of aryl methyl sites for hydroxylation is 1. The highest BCUT2D eigenvalue weighted by Crippen LogP contribution is 2.26. The largest absolute Gasteiger partial charge is 0.493 e. The van der Waals surface area contributed by atoms with Gasteiger partial charge in [-0.1, -0.05) is 18.5 Å². The summed E-state index contributed by atoms with van der Waals surface area (Å²) in [5.41, 5.74) is 0.903. The summed E-state index contributed by atoms with van der Waals surface area (Å²) >= 11 is 5.84. The lowest BCUT2D eigenvalue weighted by molar-refractivity contribution is 0.407. The van der Waals surface area contributed by atoms with Gasteiger partial charge in [0, 0.05) is 6.20 Å². The van der Waals surface area contributed by atoms with Crippen molar-refractivity contribution < 1.29 is 4.74 Å². The molecule has 1 rings (SSSR count). The van der Waals surface area contributed by atoms with E-state index in [-0.39, 0.29) is 0 Å². The van der Waals surface area contributed by atoms with Crippen molar-refractivity contribution in [3.05, 3.63) is 23.0 Å². The van der Waals surface area contributed by atoms with Gasteiger partial charge in [0.25, 0.3) is 0 Å². The summed E-state index contributed by atoms with van der Waals surface area (Å²) in [5.74, 6) is 0.691. The minimum atomic E-state index is 0.624. The molecule has 1 aromatic heterocycles. The number of hydrogen-bond acceptors (Lipinski definition) is 2. The van der Waals surface area contributed by atoms with Crippen molar-refractivity contribution in [1.29, 1.82) is 0 Å².